The maximum Gasteiger partial charge on any atom is 0.247 e. The highest BCUT2D eigenvalue weighted by atomic mass is 19.1. The van der Waals surface area contributed by atoms with E-state index < -0.39 is 11.7 Å². The zero-order valence-electron chi connectivity index (χ0n) is 16.9. The highest BCUT2D eigenvalue weighted by Gasteiger charge is 2.16. The highest BCUT2D eigenvalue weighted by Crippen LogP contribution is 2.35. The fourth-order valence-electron chi connectivity index (χ4n) is 3.28. The van der Waals surface area contributed by atoms with Gasteiger partial charge in [-0.25, -0.2) is 14.4 Å². The lowest BCUT2D eigenvalue weighted by molar-refractivity contribution is -0.111. The molecule has 1 amide bonds. The number of pyridine rings is 2. The predicted molar refractivity (Wildman–Crippen MR) is 117 cm³/mol. The smallest absolute Gasteiger partial charge is 0.247 e. The normalized spacial score (nSPS) is 10.7. The third kappa shape index (κ3) is 3.83. The molecule has 31 heavy (non-hydrogen) atoms. The molecular formula is C23H19FN4O3. The molecule has 1 aromatic carbocycles. The average Bonchev–Trinajstić information content (AvgIpc) is 3.23. The number of H-pyrrole nitrogens is 1. The molecule has 2 N–H and O–H groups in total. The first-order valence-electron chi connectivity index (χ1n) is 9.33. The topological polar surface area (TPSA) is 89.1 Å². The van der Waals surface area contributed by atoms with Crippen LogP contribution in [0.4, 0.5) is 10.1 Å². The average molecular weight is 418 g/mol. The van der Waals surface area contributed by atoms with Crippen LogP contribution in [-0.2, 0) is 4.79 Å². The van der Waals surface area contributed by atoms with Gasteiger partial charge in [-0.1, -0.05) is 6.58 Å². The molecular weight excluding hydrogens is 399 g/mol. The molecule has 0 aliphatic rings. The number of hydrogen-bond donors (Lipinski definition) is 2. The number of nitrogens with zero attached hydrogens (tertiary/aromatic N) is 2. The van der Waals surface area contributed by atoms with Crippen molar-refractivity contribution in [3.63, 3.8) is 0 Å². The summed E-state index contributed by atoms with van der Waals surface area (Å²) in [5.74, 6) is -0.681. The molecule has 0 spiro atoms. The van der Waals surface area contributed by atoms with Gasteiger partial charge in [0.25, 0.3) is 0 Å². The highest BCUT2D eigenvalue weighted by molar-refractivity contribution is 6.00. The van der Waals surface area contributed by atoms with E-state index in [1.165, 1.54) is 13.2 Å². The number of carbonyl (C=O) groups excluding carboxylic acids is 1. The van der Waals surface area contributed by atoms with Crippen molar-refractivity contribution in [2.24, 2.45) is 0 Å². The van der Waals surface area contributed by atoms with E-state index in [9.17, 15) is 9.18 Å². The van der Waals surface area contributed by atoms with E-state index in [4.69, 9.17) is 9.47 Å². The lowest BCUT2D eigenvalue weighted by Crippen LogP contribution is -2.09. The molecule has 0 saturated heterocycles. The first-order chi connectivity index (χ1) is 15.0. The minimum atomic E-state index is -0.665. The van der Waals surface area contributed by atoms with E-state index >= 15 is 0 Å². The van der Waals surface area contributed by atoms with Crippen LogP contribution in [0, 0.1) is 5.82 Å². The number of rotatable bonds is 6. The summed E-state index contributed by atoms with van der Waals surface area (Å²) in [7, 11) is 2.93. The first-order valence-corrected chi connectivity index (χ1v) is 9.33. The fourth-order valence-corrected chi connectivity index (χ4v) is 3.28. The summed E-state index contributed by atoms with van der Waals surface area (Å²) in [6.45, 7) is 3.40. The Labute approximate surface area is 177 Å². The number of amides is 1. The lowest BCUT2D eigenvalue weighted by Gasteiger charge is -2.12. The van der Waals surface area contributed by atoms with Gasteiger partial charge in [0.15, 0.2) is 11.6 Å². The van der Waals surface area contributed by atoms with Crippen LogP contribution >= 0.6 is 0 Å². The van der Waals surface area contributed by atoms with Crippen LogP contribution in [0.3, 0.4) is 0 Å². The molecule has 8 heteroatoms. The SMILES string of the molecule is C=CC(=O)Nc1cc(-c2cnc3[nH]cc(-c4ccnc(OC)c4)c3c2)cc(OC)c1F. The molecule has 0 atom stereocenters. The molecule has 0 bridgehead atoms. The van der Waals surface area contributed by atoms with Gasteiger partial charge >= 0.3 is 0 Å². The molecule has 0 unspecified atom stereocenters. The van der Waals surface area contributed by atoms with Gasteiger partial charge in [-0.05, 0) is 41.5 Å². The molecule has 3 heterocycles. The molecule has 7 nitrogen and oxygen atoms in total. The summed E-state index contributed by atoms with van der Waals surface area (Å²) in [6.07, 6.45) is 6.27. The number of aromatic nitrogens is 3. The zero-order valence-corrected chi connectivity index (χ0v) is 16.9. The van der Waals surface area contributed by atoms with Gasteiger partial charge in [0.05, 0.1) is 19.9 Å². The van der Waals surface area contributed by atoms with Gasteiger partial charge in [0.2, 0.25) is 11.8 Å². The number of methoxy groups -OCH3 is 2. The van der Waals surface area contributed by atoms with E-state index in [0.717, 1.165) is 28.2 Å². The van der Waals surface area contributed by atoms with Gasteiger partial charge in [-0.2, -0.15) is 0 Å². The van der Waals surface area contributed by atoms with Gasteiger partial charge < -0.3 is 19.8 Å². The van der Waals surface area contributed by atoms with E-state index in [2.05, 4.69) is 26.8 Å². The maximum atomic E-state index is 14.6. The van der Waals surface area contributed by atoms with Crippen molar-refractivity contribution >= 4 is 22.6 Å². The number of carbonyl (C=O) groups is 1. The van der Waals surface area contributed by atoms with E-state index in [1.54, 1.807) is 25.6 Å². The van der Waals surface area contributed by atoms with Crippen LogP contribution in [0.5, 0.6) is 11.6 Å². The van der Waals surface area contributed by atoms with Crippen molar-refractivity contribution in [2.45, 2.75) is 0 Å². The van der Waals surface area contributed by atoms with Crippen molar-refractivity contribution in [1.29, 1.82) is 0 Å². The summed E-state index contributed by atoms with van der Waals surface area (Å²) in [5.41, 5.74) is 3.87. The Bertz CT molecular complexity index is 1300. The van der Waals surface area contributed by atoms with E-state index in [-0.39, 0.29) is 11.4 Å². The summed E-state index contributed by atoms with van der Waals surface area (Å²) in [6, 6.07) is 8.74. The quantitative estimate of drug-likeness (QED) is 0.448. The number of halogens is 1. The second-order valence-electron chi connectivity index (χ2n) is 6.64. The summed E-state index contributed by atoms with van der Waals surface area (Å²) in [5, 5.41) is 3.33. The number of fused-ring (bicyclic) bond motifs is 1. The molecule has 0 fully saturated rings. The van der Waals surface area contributed by atoms with E-state index in [1.807, 2.05) is 24.4 Å². The molecule has 0 radical (unpaired) electrons. The van der Waals surface area contributed by atoms with Crippen LogP contribution in [0.1, 0.15) is 0 Å². The molecule has 156 valence electrons. The number of hydrogen-bond acceptors (Lipinski definition) is 5. The number of aromatic amines is 1. The second-order valence-corrected chi connectivity index (χ2v) is 6.64. The van der Waals surface area contributed by atoms with Crippen LogP contribution < -0.4 is 14.8 Å². The van der Waals surface area contributed by atoms with Crippen LogP contribution in [0.15, 0.2) is 61.6 Å². The number of benzene rings is 1. The standard InChI is InChI=1S/C23H19FN4O3/c1-4-20(29)28-18-8-14(9-19(30-2)22(18)24)15-7-16-17(12-27-23(16)26-11-15)13-5-6-25-21(10-13)31-3/h4-12H,1H2,2-3H3,(H,26,27)(H,28,29). The number of anilines is 1. The van der Waals surface area contributed by atoms with Gasteiger partial charge in [-0.15, -0.1) is 0 Å². The largest absolute Gasteiger partial charge is 0.494 e. The van der Waals surface area contributed by atoms with Gasteiger partial charge in [0, 0.05) is 41.2 Å². The summed E-state index contributed by atoms with van der Waals surface area (Å²) >= 11 is 0. The van der Waals surface area contributed by atoms with E-state index in [0.29, 0.717) is 17.1 Å². The Kier molecular flexibility index (Phi) is 5.36. The van der Waals surface area contributed by atoms with Crippen LogP contribution in [-0.4, -0.2) is 35.1 Å². The minimum absolute atomic E-state index is 0.00474. The van der Waals surface area contributed by atoms with Crippen LogP contribution in [0.2, 0.25) is 0 Å². The molecule has 3 aromatic heterocycles. The Morgan fingerprint density at radius 2 is 1.97 bits per heavy atom. The van der Waals surface area contributed by atoms with Gasteiger partial charge in [0.1, 0.15) is 5.65 Å². The van der Waals surface area contributed by atoms with Crippen molar-refractivity contribution in [1.82, 2.24) is 15.0 Å². The third-order valence-corrected chi connectivity index (χ3v) is 4.82. The Hall–Kier alpha value is -4.20. The molecule has 4 rings (SSSR count). The monoisotopic (exact) mass is 418 g/mol. The number of nitrogens with one attached hydrogen (secondary N) is 2. The van der Waals surface area contributed by atoms with Gasteiger partial charge in [-0.3, -0.25) is 4.79 Å². The molecule has 4 aromatic rings. The van der Waals surface area contributed by atoms with Crippen LogP contribution in [0.25, 0.3) is 33.3 Å². The summed E-state index contributed by atoms with van der Waals surface area (Å²) in [4.78, 5) is 23.5. The summed E-state index contributed by atoms with van der Waals surface area (Å²) < 4.78 is 25.0. The van der Waals surface area contributed by atoms with Crippen molar-refractivity contribution in [3.8, 4) is 33.9 Å². The fraction of sp³-hybridized carbons (Fsp3) is 0.0870. The number of ether oxygens (including phenoxy) is 2. The maximum absolute atomic E-state index is 14.6. The van der Waals surface area contributed by atoms with Crippen molar-refractivity contribution < 1.29 is 18.7 Å². The first kappa shape index (κ1) is 20.1. The Morgan fingerprint density at radius 1 is 1.13 bits per heavy atom. The molecule has 0 aliphatic carbocycles. The minimum Gasteiger partial charge on any atom is -0.494 e. The Morgan fingerprint density at radius 3 is 2.71 bits per heavy atom. The third-order valence-electron chi connectivity index (χ3n) is 4.82. The predicted octanol–water partition coefficient (Wildman–Crippen LogP) is 4.57. The molecule has 0 saturated carbocycles. The van der Waals surface area contributed by atoms with Crippen molar-refractivity contribution in [3.05, 3.63) is 67.4 Å². The van der Waals surface area contributed by atoms with Crippen molar-refractivity contribution in [2.75, 3.05) is 19.5 Å². The lowest BCUT2D eigenvalue weighted by atomic mass is 10.0. The zero-order chi connectivity index (χ0) is 22.0. The second kappa shape index (κ2) is 8.27. The Balaban J connectivity index is 1.84. The molecule has 0 aliphatic heterocycles.